The molecule has 3 heterocycles. The Hall–Kier alpha value is -2.73. The summed E-state index contributed by atoms with van der Waals surface area (Å²) in [7, 11) is 0. The van der Waals surface area contributed by atoms with E-state index in [-0.39, 0.29) is 35.9 Å². The van der Waals surface area contributed by atoms with Gasteiger partial charge in [0.2, 0.25) is 5.76 Å². The molecule has 2 aromatic rings. The average Bonchev–Trinajstić information content (AvgIpc) is 3.35. The maximum atomic E-state index is 12.8. The number of oxazole rings is 1. The van der Waals surface area contributed by atoms with Gasteiger partial charge in [-0.2, -0.15) is 4.98 Å². The van der Waals surface area contributed by atoms with Crippen LogP contribution in [0.3, 0.4) is 0 Å². The lowest BCUT2D eigenvalue weighted by molar-refractivity contribution is -0.0395. The standard InChI is InChI=1S/C20H26ClF2N5O5/c1-4-11-16(21)27-17(25-11)18(29)26-12-6-7-28(8-13(12)32-9-14(22)23)20-24-10(3)15(33-20)19(30)31-5-2/h12-14H,4-9H2,1-3H3,(H,25,27)(H,26,29)/t12-,13+/m1/s1. The van der Waals surface area contributed by atoms with Gasteiger partial charge in [-0.15, -0.1) is 0 Å². The summed E-state index contributed by atoms with van der Waals surface area (Å²) in [5, 5.41) is 2.99. The van der Waals surface area contributed by atoms with Crippen LogP contribution in [0.15, 0.2) is 4.42 Å². The van der Waals surface area contributed by atoms with E-state index in [1.54, 1.807) is 18.7 Å². The molecular weight excluding hydrogens is 464 g/mol. The van der Waals surface area contributed by atoms with Crippen molar-refractivity contribution in [2.75, 3.05) is 31.2 Å². The van der Waals surface area contributed by atoms with Crippen molar-refractivity contribution in [3.05, 3.63) is 28.1 Å². The molecule has 0 aliphatic carbocycles. The molecule has 1 aliphatic rings. The lowest BCUT2D eigenvalue weighted by Crippen LogP contribution is -2.55. The number of carbonyl (C=O) groups excluding carboxylic acids is 2. The first kappa shape index (κ1) is 24.9. The third kappa shape index (κ3) is 5.99. The number of ether oxygens (including phenoxy) is 2. The summed E-state index contributed by atoms with van der Waals surface area (Å²) in [6.07, 6.45) is -2.54. The summed E-state index contributed by atoms with van der Waals surface area (Å²) in [5.74, 6) is -1.13. The minimum Gasteiger partial charge on any atom is -0.460 e. The fourth-order valence-corrected chi connectivity index (χ4v) is 3.76. The van der Waals surface area contributed by atoms with Gasteiger partial charge in [0.15, 0.2) is 11.0 Å². The molecule has 13 heteroatoms. The monoisotopic (exact) mass is 489 g/mol. The molecule has 1 saturated heterocycles. The zero-order chi connectivity index (χ0) is 24.1. The van der Waals surface area contributed by atoms with Crippen LogP contribution in [0.5, 0.6) is 0 Å². The number of esters is 1. The fraction of sp³-hybridized carbons (Fsp3) is 0.600. The van der Waals surface area contributed by atoms with E-state index in [1.165, 1.54) is 0 Å². The number of aromatic nitrogens is 3. The first-order chi connectivity index (χ1) is 15.7. The molecule has 33 heavy (non-hydrogen) atoms. The molecule has 1 fully saturated rings. The van der Waals surface area contributed by atoms with Crippen molar-refractivity contribution in [3.63, 3.8) is 0 Å². The Morgan fingerprint density at radius 3 is 2.76 bits per heavy atom. The number of nitrogens with one attached hydrogen (secondary N) is 2. The first-order valence-electron chi connectivity index (χ1n) is 10.6. The number of hydrogen-bond acceptors (Lipinski definition) is 8. The SMILES string of the molecule is CCOC(=O)c1oc(N2CC[C@@H](NC(=O)c3nc(Cl)c(CC)[nH]3)[C@@H](OCC(F)F)C2)nc1C. The van der Waals surface area contributed by atoms with Crippen LogP contribution in [-0.4, -0.2) is 71.7 Å². The van der Waals surface area contributed by atoms with Crippen LogP contribution in [-0.2, 0) is 15.9 Å². The molecule has 182 valence electrons. The number of aryl methyl sites for hydroxylation is 2. The molecule has 0 unspecified atom stereocenters. The molecule has 10 nitrogen and oxygen atoms in total. The Bertz CT molecular complexity index is 982. The number of aromatic amines is 1. The van der Waals surface area contributed by atoms with Crippen LogP contribution in [0.2, 0.25) is 5.15 Å². The normalized spacial score (nSPS) is 18.6. The van der Waals surface area contributed by atoms with E-state index < -0.39 is 37.1 Å². The zero-order valence-electron chi connectivity index (χ0n) is 18.5. The summed E-state index contributed by atoms with van der Waals surface area (Å²) in [4.78, 5) is 37.5. The van der Waals surface area contributed by atoms with Crippen LogP contribution in [0, 0.1) is 6.92 Å². The van der Waals surface area contributed by atoms with Gasteiger partial charge >= 0.3 is 5.97 Å². The summed E-state index contributed by atoms with van der Waals surface area (Å²) >= 11 is 6.00. The predicted molar refractivity (Wildman–Crippen MR) is 114 cm³/mol. The second-order valence-electron chi connectivity index (χ2n) is 7.42. The number of H-pyrrole nitrogens is 1. The highest BCUT2D eigenvalue weighted by atomic mass is 35.5. The van der Waals surface area contributed by atoms with Crippen LogP contribution in [0.25, 0.3) is 0 Å². The minimum atomic E-state index is -2.67. The van der Waals surface area contributed by atoms with E-state index >= 15 is 0 Å². The van der Waals surface area contributed by atoms with Crippen molar-refractivity contribution in [2.45, 2.75) is 52.2 Å². The number of anilines is 1. The maximum absolute atomic E-state index is 12.8. The molecule has 0 saturated carbocycles. The Morgan fingerprint density at radius 2 is 2.12 bits per heavy atom. The van der Waals surface area contributed by atoms with E-state index in [0.717, 1.165) is 0 Å². The largest absolute Gasteiger partial charge is 0.460 e. The van der Waals surface area contributed by atoms with Crippen molar-refractivity contribution in [1.29, 1.82) is 0 Å². The number of halogens is 3. The molecule has 1 aliphatic heterocycles. The molecule has 3 rings (SSSR count). The minimum absolute atomic E-state index is 0.0197. The summed E-state index contributed by atoms with van der Waals surface area (Å²) < 4.78 is 41.6. The van der Waals surface area contributed by atoms with Gasteiger partial charge in [0.25, 0.3) is 18.3 Å². The van der Waals surface area contributed by atoms with Gasteiger partial charge in [0.1, 0.15) is 6.61 Å². The quantitative estimate of drug-likeness (QED) is 0.515. The lowest BCUT2D eigenvalue weighted by Gasteiger charge is -2.37. The van der Waals surface area contributed by atoms with Gasteiger partial charge in [0.05, 0.1) is 36.7 Å². The summed E-state index contributed by atoms with van der Waals surface area (Å²) in [6, 6.07) is -0.418. The zero-order valence-corrected chi connectivity index (χ0v) is 19.2. The van der Waals surface area contributed by atoms with E-state index in [2.05, 4.69) is 20.3 Å². The van der Waals surface area contributed by atoms with Gasteiger partial charge in [-0.3, -0.25) is 4.79 Å². The van der Waals surface area contributed by atoms with Crippen LogP contribution < -0.4 is 10.2 Å². The Morgan fingerprint density at radius 1 is 1.36 bits per heavy atom. The third-order valence-electron chi connectivity index (χ3n) is 5.13. The number of piperidine rings is 1. The number of carbonyl (C=O) groups is 2. The number of nitrogens with zero attached hydrogens (tertiary/aromatic N) is 3. The Balaban J connectivity index is 1.73. The van der Waals surface area contributed by atoms with Gasteiger partial charge in [-0.25, -0.2) is 18.6 Å². The second kappa shape index (κ2) is 10.9. The molecule has 0 spiro atoms. The number of hydrogen-bond donors (Lipinski definition) is 2. The number of imidazole rings is 1. The summed E-state index contributed by atoms with van der Waals surface area (Å²) in [6.45, 7) is 5.02. The number of alkyl halides is 2. The van der Waals surface area contributed by atoms with Gasteiger partial charge in [-0.1, -0.05) is 18.5 Å². The summed E-state index contributed by atoms with van der Waals surface area (Å²) in [5.41, 5.74) is 0.976. The van der Waals surface area contributed by atoms with Crippen molar-refractivity contribution in [2.24, 2.45) is 0 Å². The molecule has 2 N–H and O–H groups in total. The number of rotatable bonds is 9. The van der Waals surface area contributed by atoms with E-state index in [0.29, 0.717) is 30.8 Å². The number of amides is 1. The highest BCUT2D eigenvalue weighted by Crippen LogP contribution is 2.25. The Labute approximate surface area is 194 Å². The topological polar surface area (TPSA) is 123 Å². The second-order valence-corrected chi connectivity index (χ2v) is 7.78. The van der Waals surface area contributed by atoms with Crippen molar-refractivity contribution >= 4 is 29.5 Å². The van der Waals surface area contributed by atoms with E-state index in [1.807, 2.05) is 6.92 Å². The van der Waals surface area contributed by atoms with Crippen molar-refractivity contribution in [1.82, 2.24) is 20.3 Å². The molecule has 2 atom stereocenters. The van der Waals surface area contributed by atoms with Gasteiger partial charge in [0, 0.05) is 6.54 Å². The molecular formula is C20H26ClF2N5O5. The highest BCUT2D eigenvalue weighted by Gasteiger charge is 2.35. The van der Waals surface area contributed by atoms with Crippen LogP contribution in [0.4, 0.5) is 14.8 Å². The molecule has 0 radical (unpaired) electrons. The Kier molecular flexibility index (Phi) is 8.25. The molecule has 0 aromatic carbocycles. The highest BCUT2D eigenvalue weighted by molar-refractivity contribution is 6.30. The molecule has 0 bridgehead atoms. The first-order valence-corrected chi connectivity index (χ1v) is 11.0. The fourth-order valence-electron chi connectivity index (χ4n) is 3.49. The van der Waals surface area contributed by atoms with E-state index in [4.69, 9.17) is 25.5 Å². The molecule has 2 aromatic heterocycles. The van der Waals surface area contributed by atoms with Gasteiger partial charge in [-0.05, 0) is 26.7 Å². The van der Waals surface area contributed by atoms with Crippen molar-refractivity contribution in [3.8, 4) is 0 Å². The van der Waals surface area contributed by atoms with Crippen molar-refractivity contribution < 1.29 is 32.3 Å². The molecule has 1 amide bonds. The van der Waals surface area contributed by atoms with Gasteiger partial charge < -0.3 is 29.1 Å². The lowest BCUT2D eigenvalue weighted by atomic mass is 10.0. The smallest absolute Gasteiger partial charge is 0.376 e. The third-order valence-corrected chi connectivity index (χ3v) is 5.44. The van der Waals surface area contributed by atoms with Crippen LogP contribution in [0.1, 0.15) is 52.8 Å². The van der Waals surface area contributed by atoms with Crippen LogP contribution >= 0.6 is 11.6 Å². The predicted octanol–water partition coefficient (Wildman–Crippen LogP) is 2.76. The van der Waals surface area contributed by atoms with E-state index in [9.17, 15) is 18.4 Å². The maximum Gasteiger partial charge on any atom is 0.376 e. The average molecular weight is 490 g/mol.